The number of anilines is 1. The first-order valence-corrected chi connectivity index (χ1v) is 5.64. The SMILES string of the molecule is O=c1[nH]ncc(N/N=C\c2ccccc2)c1Br. The Morgan fingerprint density at radius 2 is 2.12 bits per heavy atom. The van der Waals surface area contributed by atoms with Crippen molar-refractivity contribution in [2.75, 3.05) is 5.43 Å². The van der Waals surface area contributed by atoms with Gasteiger partial charge in [-0.15, -0.1) is 0 Å². The van der Waals surface area contributed by atoms with E-state index < -0.39 is 0 Å². The van der Waals surface area contributed by atoms with Gasteiger partial charge >= 0.3 is 0 Å². The third-order valence-corrected chi connectivity index (χ3v) is 2.78. The summed E-state index contributed by atoms with van der Waals surface area (Å²) < 4.78 is 0.373. The molecule has 17 heavy (non-hydrogen) atoms. The zero-order chi connectivity index (χ0) is 12.1. The van der Waals surface area contributed by atoms with Gasteiger partial charge in [-0.3, -0.25) is 10.2 Å². The predicted octanol–water partition coefficient (Wildman–Crippen LogP) is 1.98. The van der Waals surface area contributed by atoms with Crippen molar-refractivity contribution in [3.05, 3.63) is 56.9 Å². The van der Waals surface area contributed by atoms with E-state index in [-0.39, 0.29) is 5.56 Å². The molecule has 2 rings (SSSR count). The summed E-state index contributed by atoms with van der Waals surface area (Å²) in [7, 11) is 0. The second-order valence-corrected chi connectivity index (χ2v) is 4.00. The highest BCUT2D eigenvalue weighted by Gasteiger charge is 2.01. The number of H-pyrrole nitrogens is 1. The number of rotatable bonds is 3. The molecule has 0 aliphatic rings. The lowest BCUT2D eigenvalue weighted by molar-refractivity contribution is 0.977. The summed E-state index contributed by atoms with van der Waals surface area (Å²) in [6.07, 6.45) is 3.14. The van der Waals surface area contributed by atoms with E-state index in [9.17, 15) is 4.79 Å². The fourth-order valence-electron chi connectivity index (χ4n) is 1.18. The molecule has 1 heterocycles. The molecule has 0 atom stereocenters. The predicted molar refractivity (Wildman–Crippen MR) is 70.2 cm³/mol. The van der Waals surface area contributed by atoms with Crippen LogP contribution in [0.3, 0.4) is 0 Å². The van der Waals surface area contributed by atoms with E-state index in [1.54, 1.807) is 6.21 Å². The minimum atomic E-state index is -0.301. The number of halogens is 1. The van der Waals surface area contributed by atoms with Crippen molar-refractivity contribution in [2.24, 2.45) is 5.10 Å². The van der Waals surface area contributed by atoms with E-state index >= 15 is 0 Å². The maximum Gasteiger partial charge on any atom is 0.280 e. The standard InChI is InChI=1S/C11H9BrN4O/c12-10-9(7-14-16-11(10)17)15-13-6-8-4-2-1-3-5-8/h1-7H,(H2,15,16,17)/b13-6-. The Morgan fingerprint density at radius 3 is 2.88 bits per heavy atom. The highest BCUT2D eigenvalue weighted by molar-refractivity contribution is 9.10. The number of aromatic amines is 1. The molecule has 0 aliphatic carbocycles. The van der Waals surface area contributed by atoms with Crippen molar-refractivity contribution in [3.63, 3.8) is 0 Å². The second-order valence-electron chi connectivity index (χ2n) is 3.21. The van der Waals surface area contributed by atoms with Crippen LogP contribution < -0.4 is 11.0 Å². The molecule has 2 aromatic rings. The van der Waals surface area contributed by atoms with Crippen LogP contribution in [-0.2, 0) is 0 Å². The number of nitrogens with one attached hydrogen (secondary N) is 2. The third-order valence-electron chi connectivity index (χ3n) is 1.99. The number of aromatic nitrogens is 2. The Labute approximate surface area is 106 Å². The topological polar surface area (TPSA) is 70.1 Å². The molecule has 2 N–H and O–H groups in total. The van der Waals surface area contributed by atoms with Crippen LogP contribution in [-0.4, -0.2) is 16.4 Å². The van der Waals surface area contributed by atoms with Crippen LogP contribution in [0, 0.1) is 0 Å². The molecule has 0 spiro atoms. The van der Waals surface area contributed by atoms with Gasteiger partial charge in [-0.25, -0.2) is 5.10 Å². The molecule has 0 saturated carbocycles. The van der Waals surface area contributed by atoms with Gasteiger partial charge in [-0.1, -0.05) is 30.3 Å². The minimum absolute atomic E-state index is 0.301. The molecular formula is C11H9BrN4O. The fraction of sp³-hybridized carbons (Fsp3) is 0. The maximum atomic E-state index is 11.2. The van der Waals surface area contributed by atoms with Gasteiger partial charge in [-0.2, -0.15) is 10.2 Å². The summed E-state index contributed by atoms with van der Waals surface area (Å²) in [5, 5.41) is 9.99. The molecule has 0 saturated heterocycles. The largest absolute Gasteiger partial charge is 0.280 e. The van der Waals surface area contributed by atoms with Gasteiger partial charge in [0, 0.05) is 0 Å². The van der Waals surface area contributed by atoms with E-state index in [0.29, 0.717) is 10.2 Å². The molecule has 0 bridgehead atoms. The van der Waals surface area contributed by atoms with Crippen LogP contribution in [0.4, 0.5) is 5.69 Å². The van der Waals surface area contributed by atoms with E-state index in [1.807, 2.05) is 30.3 Å². The lowest BCUT2D eigenvalue weighted by Crippen LogP contribution is -2.10. The average Bonchev–Trinajstić information content (AvgIpc) is 2.36. The van der Waals surface area contributed by atoms with E-state index in [4.69, 9.17) is 0 Å². The van der Waals surface area contributed by atoms with Crippen LogP contribution in [0.1, 0.15) is 5.56 Å². The Bertz CT molecular complexity index is 580. The molecule has 0 radical (unpaired) electrons. The summed E-state index contributed by atoms with van der Waals surface area (Å²) in [5.74, 6) is 0. The number of hydrogen-bond donors (Lipinski definition) is 2. The van der Waals surface area contributed by atoms with Crippen molar-refractivity contribution >= 4 is 27.8 Å². The number of hydrazone groups is 1. The van der Waals surface area contributed by atoms with Gasteiger partial charge in [0.1, 0.15) is 4.47 Å². The fourth-order valence-corrected chi connectivity index (χ4v) is 1.46. The Hall–Kier alpha value is -1.95. The number of nitrogens with zero attached hydrogens (tertiary/aromatic N) is 2. The highest BCUT2D eigenvalue weighted by Crippen LogP contribution is 2.14. The maximum absolute atomic E-state index is 11.2. The molecule has 5 nitrogen and oxygen atoms in total. The van der Waals surface area contributed by atoms with Gasteiger partial charge in [0.05, 0.1) is 18.1 Å². The number of benzene rings is 1. The summed E-state index contributed by atoms with van der Waals surface area (Å²) in [6.45, 7) is 0. The second kappa shape index (κ2) is 5.40. The smallest absolute Gasteiger partial charge is 0.275 e. The molecule has 6 heteroatoms. The summed E-state index contributed by atoms with van der Waals surface area (Å²) in [4.78, 5) is 11.2. The van der Waals surface area contributed by atoms with Crippen LogP contribution in [0.15, 0.2) is 50.9 Å². The van der Waals surface area contributed by atoms with E-state index in [1.165, 1.54) is 6.20 Å². The Balaban J connectivity index is 2.11. The van der Waals surface area contributed by atoms with Crippen molar-refractivity contribution in [1.29, 1.82) is 0 Å². The van der Waals surface area contributed by atoms with Gasteiger partial charge in [0.15, 0.2) is 0 Å². The first-order chi connectivity index (χ1) is 8.27. The monoisotopic (exact) mass is 292 g/mol. The van der Waals surface area contributed by atoms with Crippen LogP contribution in [0.2, 0.25) is 0 Å². The van der Waals surface area contributed by atoms with Crippen molar-refractivity contribution < 1.29 is 0 Å². The summed E-state index contributed by atoms with van der Waals surface area (Å²) in [5.41, 5.74) is 3.92. The highest BCUT2D eigenvalue weighted by atomic mass is 79.9. The summed E-state index contributed by atoms with van der Waals surface area (Å²) in [6, 6.07) is 9.63. The molecule has 0 aliphatic heterocycles. The molecule has 0 unspecified atom stereocenters. The quantitative estimate of drug-likeness (QED) is 0.671. The van der Waals surface area contributed by atoms with Gasteiger partial charge in [0.25, 0.3) is 5.56 Å². The van der Waals surface area contributed by atoms with Crippen LogP contribution in [0.25, 0.3) is 0 Å². The Morgan fingerprint density at radius 1 is 1.35 bits per heavy atom. The molecular weight excluding hydrogens is 284 g/mol. The van der Waals surface area contributed by atoms with Gasteiger partial charge < -0.3 is 0 Å². The van der Waals surface area contributed by atoms with Crippen LogP contribution in [0.5, 0.6) is 0 Å². The first kappa shape index (κ1) is 11.5. The van der Waals surface area contributed by atoms with Crippen LogP contribution >= 0.6 is 15.9 Å². The zero-order valence-electron chi connectivity index (χ0n) is 8.72. The van der Waals surface area contributed by atoms with Gasteiger partial charge in [-0.05, 0) is 21.5 Å². The normalized spacial score (nSPS) is 10.6. The van der Waals surface area contributed by atoms with E-state index in [0.717, 1.165) is 5.56 Å². The lowest BCUT2D eigenvalue weighted by Gasteiger charge is -2.00. The molecule has 0 fully saturated rings. The molecule has 1 aromatic carbocycles. The summed E-state index contributed by atoms with van der Waals surface area (Å²) >= 11 is 3.15. The zero-order valence-corrected chi connectivity index (χ0v) is 10.3. The lowest BCUT2D eigenvalue weighted by atomic mass is 10.2. The minimum Gasteiger partial charge on any atom is -0.275 e. The molecule has 1 aromatic heterocycles. The van der Waals surface area contributed by atoms with Crippen molar-refractivity contribution in [1.82, 2.24) is 10.2 Å². The van der Waals surface area contributed by atoms with Crippen molar-refractivity contribution in [3.8, 4) is 0 Å². The first-order valence-electron chi connectivity index (χ1n) is 4.84. The van der Waals surface area contributed by atoms with Gasteiger partial charge in [0.2, 0.25) is 0 Å². The third kappa shape index (κ3) is 3.01. The molecule has 0 amide bonds. The van der Waals surface area contributed by atoms with Crippen molar-refractivity contribution in [2.45, 2.75) is 0 Å². The number of hydrogen-bond acceptors (Lipinski definition) is 4. The average molecular weight is 293 g/mol. The Kier molecular flexibility index (Phi) is 3.66. The molecule has 86 valence electrons. The van der Waals surface area contributed by atoms with E-state index in [2.05, 4.69) is 36.7 Å².